The topological polar surface area (TPSA) is 46.6 Å². The molecule has 0 amide bonds. The molecule has 0 N–H and O–H groups in total. The molecular weight excluding hydrogens is 250 g/mol. The van der Waals surface area contributed by atoms with E-state index in [1.54, 1.807) is 19.2 Å². The summed E-state index contributed by atoms with van der Waals surface area (Å²) in [7, 11) is -1.80. The molecule has 2 unspecified atom stereocenters. The Morgan fingerprint density at radius 2 is 2.00 bits per heavy atom. The number of nitrogens with zero attached hydrogens (tertiary/aromatic N) is 1. The zero-order chi connectivity index (χ0) is 13.3. The lowest BCUT2D eigenvalue weighted by Gasteiger charge is -2.26. The van der Waals surface area contributed by atoms with Crippen LogP contribution in [0.4, 0.5) is 0 Å². The molecule has 1 aromatic carbocycles. The summed E-state index contributed by atoms with van der Waals surface area (Å²) in [5.74, 6) is 0. The van der Waals surface area contributed by atoms with Gasteiger partial charge in [-0.25, -0.2) is 8.42 Å². The summed E-state index contributed by atoms with van der Waals surface area (Å²) in [6.07, 6.45) is 0.705. The molecule has 0 spiro atoms. The minimum Gasteiger partial charge on any atom is -0.377 e. The van der Waals surface area contributed by atoms with Gasteiger partial charge in [-0.15, -0.1) is 0 Å². The van der Waals surface area contributed by atoms with Crippen molar-refractivity contribution in [2.75, 3.05) is 13.7 Å². The first-order valence-electron chi connectivity index (χ1n) is 6.10. The number of sulfonamides is 1. The van der Waals surface area contributed by atoms with E-state index in [0.29, 0.717) is 11.5 Å². The van der Waals surface area contributed by atoms with Gasteiger partial charge >= 0.3 is 0 Å². The van der Waals surface area contributed by atoms with Gasteiger partial charge in [-0.05, 0) is 31.9 Å². The van der Waals surface area contributed by atoms with Crippen molar-refractivity contribution in [3.63, 3.8) is 0 Å². The smallest absolute Gasteiger partial charge is 0.243 e. The third kappa shape index (κ3) is 2.30. The predicted octanol–water partition coefficient (Wildman–Crippen LogP) is 1.79. The molecule has 0 aromatic heterocycles. The average molecular weight is 269 g/mol. The third-order valence-electron chi connectivity index (χ3n) is 3.55. The molecular formula is C13H19NO3S. The first-order chi connectivity index (χ1) is 8.44. The highest BCUT2D eigenvalue weighted by Crippen LogP contribution is 2.26. The molecule has 2 atom stereocenters. The van der Waals surface area contributed by atoms with E-state index in [-0.39, 0.29) is 12.1 Å². The summed E-state index contributed by atoms with van der Waals surface area (Å²) in [4.78, 5) is 0.381. The fourth-order valence-corrected chi connectivity index (χ4v) is 4.05. The lowest BCUT2D eigenvalue weighted by Crippen LogP contribution is -2.41. The second-order valence-corrected chi connectivity index (χ2v) is 6.68. The number of benzene rings is 1. The first-order valence-corrected chi connectivity index (χ1v) is 7.54. The van der Waals surface area contributed by atoms with E-state index in [1.165, 1.54) is 4.31 Å². The van der Waals surface area contributed by atoms with E-state index >= 15 is 0 Å². The maximum absolute atomic E-state index is 12.6. The van der Waals surface area contributed by atoms with Crippen molar-refractivity contribution in [3.8, 4) is 0 Å². The van der Waals surface area contributed by atoms with Crippen molar-refractivity contribution in [1.29, 1.82) is 0 Å². The number of rotatable bonds is 3. The molecule has 1 saturated heterocycles. The molecule has 0 bridgehead atoms. The lowest BCUT2D eigenvalue weighted by molar-refractivity contribution is 0.102. The van der Waals surface area contributed by atoms with Gasteiger partial charge in [-0.2, -0.15) is 4.31 Å². The van der Waals surface area contributed by atoms with Crippen LogP contribution in [0, 0.1) is 6.92 Å². The zero-order valence-electron chi connectivity index (χ0n) is 11.0. The van der Waals surface area contributed by atoms with Crippen LogP contribution in [-0.4, -0.2) is 38.5 Å². The fourth-order valence-electron chi connectivity index (χ4n) is 2.38. The Hall–Kier alpha value is -0.910. The van der Waals surface area contributed by atoms with Crippen LogP contribution < -0.4 is 0 Å². The molecule has 100 valence electrons. The van der Waals surface area contributed by atoms with Gasteiger partial charge < -0.3 is 4.74 Å². The van der Waals surface area contributed by atoms with E-state index in [4.69, 9.17) is 4.74 Å². The zero-order valence-corrected chi connectivity index (χ0v) is 11.8. The Bertz CT molecular complexity index is 527. The minimum atomic E-state index is -3.43. The second-order valence-electron chi connectivity index (χ2n) is 4.72. The number of aryl methyl sites for hydroxylation is 1. The van der Waals surface area contributed by atoms with Crippen LogP contribution in [0.25, 0.3) is 0 Å². The summed E-state index contributed by atoms with van der Waals surface area (Å²) in [5, 5.41) is 0. The van der Waals surface area contributed by atoms with Crippen LogP contribution in [0.5, 0.6) is 0 Å². The molecule has 0 aliphatic carbocycles. The van der Waals surface area contributed by atoms with Gasteiger partial charge in [0.2, 0.25) is 10.0 Å². The van der Waals surface area contributed by atoms with E-state index < -0.39 is 10.0 Å². The molecule has 0 radical (unpaired) electrons. The van der Waals surface area contributed by atoms with Crippen molar-refractivity contribution in [3.05, 3.63) is 29.8 Å². The molecule has 1 aromatic rings. The fraction of sp³-hybridized carbons (Fsp3) is 0.538. The molecule has 1 aliphatic heterocycles. The van der Waals surface area contributed by atoms with Crippen LogP contribution >= 0.6 is 0 Å². The SMILES string of the molecule is Cc1ccccc1S(=O)(=O)N(C)C1CCOC1C. The van der Waals surface area contributed by atoms with Gasteiger partial charge in [0, 0.05) is 13.7 Å². The van der Waals surface area contributed by atoms with Gasteiger partial charge in [-0.3, -0.25) is 0 Å². The van der Waals surface area contributed by atoms with E-state index in [9.17, 15) is 8.42 Å². The van der Waals surface area contributed by atoms with Crippen LogP contribution in [0.3, 0.4) is 0 Å². The summed E-state index contributed by atoms with van der Waals surface area (Å²) in [6, 6.07) is 6.99. The largest absolute Gasteiger partial charge is 0.377 e. The van der Waals surface area contributed by atoms with Crippen molar-refractivity contribution in [2.45, 2.75) is 37.3 Å². The van der Waals surface area contributed by atoms with E-state index in [1.807, 2.05) is 26.0 Å². The minimum absolute atomic E-state index is 0.0474. The van der Waals surface area contributed by atoms with Crippen LogP contribution in [0.2, 0.25) is 0 Å². The van der Waals surface area contributed by atoms with E-state index in [2.05, 4.69) is 0 Å². The summed E-state index contributed by atoms with van der Waals surface area (Å²) in [5.41, 5.74) is 0.774. The van der Waals surface area contributed by atoms with Crippen molar-refractivity contribution in [1.82, 2.24) is 4.31 Å². The Labute approximate surface area is 109 Å². The molecule has 2 rings (SSSR count). The van der Waals surface area contributed by atoms with Crippen molar-refractivity contribution < 1.29 is 13.2 Å². The Morgan fingerprint density at radius 3 is 2.56 bits per heavy atom. The van der Waals surface area contributed by atoms with Crippen molar-refractivity contribution >= 4 is 10.0 Å². The third-order valence-corrected chi connectivity index (χ3v) is 5.60. The van der Waals surface area contributed by atoms with Gasteiger partial charge in [-0.1, -0.05) is 18.2 Å². The van der Waals surface area contributed by atoms with Gasteiger partial charge in [0.25, 0.3) is 0 Å². The molecule has 4 nitrogen and oxygen atoms in total. The molecule has 1 aliphatic rings. The maximum Gasteiger partial charge on any atom is 0.243 e. The monoisotopic (exact) mass is 269 g/mol. The summed E-state index contributed by atoms with van der Waals surface area (Å²) in [6.45, 7) is 4.36. The molecule has 5 heteroatoms. The normalized spacial score (nSPS) is 24.7. The highest BCUT2D eigenvalue weighted by atomic mass is 32.2. The Morgan fingerprint density at radius 1 is 1.33 bits per heavy atom. The number of hydrogen-bond acceptors (Lipinski definition) is 3. The summed E-state index contributed by atoms with van der Waals surface area (Å²) >= 11 is 0. The number of hydrogen-bond donors (Lipinski definition) is 0. The predicted molar refractivity (Wildman–Crippen MR) is 69.9 cm³/mol. The van der Waals surface area contributed by atoms with Gasteiger partial charge in [0.1, 0.15) is 0 Å². The maximum atomic E-state index is 12.6. The lowest BCUT2D eigenvalue weighted by atomic mass is 10.2. The van der Waals surface area contributed by atoms with E-state index in [0.717, 1.165) is 12.0 Å². The number of likely N-dealkylation sites (N-methyl/N-ethyl adjacent to an activating group) is 1. The Balaban J connectivity index is 2.34. The van der Waals surface area contributed by atoms with Crippen molar-refractivity contribution in [2.24, 2.45) is 0 Å². The first kappa shape index (κ1) is 13.5. The molecule has 18 heavy (non-hydrogen) atoms. The molecule has 1 heterocycles. The molecule has 0 saturated carbocycles. The summed E-state index contributed by atoms with van der Waals surface area (Å²) < 4.78 is 32.0. The Kier molecular flexibility index (Phi) is 3.75. The quantitative estimate of drug-likeness (QED) is 0.840. The van der Waals surface area contributed by atoms with Gasteiger partial charge in [0.05, 0.1) is 17.0 Å². The number of ether oxygens (including phenoxy) is 1. The van der Waals surface area contributed by atoms with Gasteiger partial charge in [0.15, 0.2) is 0 Å². The highest BCUT2D eigenvalue weighted by Gasteiger charge is 2.35. The van der Waals surface area contributed by atoms with Crippen LogP contribution in [0.15, 0.2) is 29.2 Å². The van der Waals surface area contributed by atoms with Crippen LogP contribution in [-0.2, 0) is 14.8 Å². The second kappa shape index (κ2) is 4.99. The van der Waals surface area contributed by atoms with Crippen LogP contribution in [0.1, 0.15) is 18.9 Å². The molecule has 1 fully saturated rings. The highest BCUT2D eigenvalue weighted by molar-refractivity contribution is 7.89. The standard InChI is InChI=1S/C13H19NO3S/c1-10-6-4-5-7-13(10)18(15,16)14(3)12-8-9-17-11(12)2/h4-7,11-12H,8-9H2,1-3H3. The average Bonchev–Trinajstić information content (AvgIpc) is 2.74.